The zero-order valence-electron chi connectivity index (χ0n) is 9.51. The molecule has 5 heteroatoms. The fraction of sp³-hybridized carbons (Fsp3) is 0.250. The van der Waals surface area contributed by atoms with Gasteiger partial charge in [0.1, 0.15) is 5.82 Å². The number of nitrogens with two attached hydrogens (primary N) is 1. The molecule has 0 saturated carbocycles. The topological polar surface area (TPSA) is 43.8 Å². The van der Waals surface area contributed by atoms with E-state index < -0.39 is 0 Å². The summed E-state index contributed by atoms with van der Waals surface area (Å²) in [7, 11) is 1.95. The van der Waals surface area contributed by atoms with E-state index in [1.807, 2.05) is 42.1 Å². The number of hydrogen-bond donors (Lipinski definition) is 1. The summed E-state index contributed by atoms with van der Waals surface area (Å²) in [5, 5.41) is 0.751. The minimum Gasteiger partial charge on any atom is -0.337 e. The van der Waals surface area contributed by atoms with E-state index in [4.69, 9.17) is 17.3 Å². The van der Waals surface area contributed by atoms with Gasteiger partial charge in [0.2, 0.25) is 0 Å². The lowest BCUT2D eigenvalue weighted by Gasteiger charge is -2.11. The van der Waals surface area contributed by atoms with E-state index in [1.165, 1.54) is 0 Å². The predicted molar refractivity (Wildman–Crippen MR) is 72.3 cm³/mol. The number of imidazole rings is 1. The first-order valence-electron chi connectivity index (χ1n) is 5.28. The molecule has 1 aromatic heterocycles. The van der Waals surface area contributed by atoms with Gasteiger partial charge in [0.15, 0.2) is 0 Å². The number of rotatable bonds is 4. The van der Waals surface area contributed by atoms with Gasteiger partial charge >= 0.3 is 0 Å². The number of hydrogen-bond acceptors (Lipinski definition) is 3. The highest BCUT2D eigenvalue weighted by molar-refractivity contribution is 7.99. The lowest BCUT2D eigenvalue weighted by Crippen LogP contribution is -2.17. The molecular formula is C12H14ClN3S. The van der Waals surface area contributed by atoms with E-state index in [0.717, 1.165) is 21.5 Å². The van der Waals surface area contributed by atoms with Gasteiger partial charge in [-0.1, -0.05) is 17.7 Å². The van der Waals surface area contributed by atoms with Crippen LogP contribution in [0.3, 0.4) is 0 Å². The zero-order valence-corrected chi connectivity index (χ0v) is 11.1. The van der Waals surface area contributed by atoms with Crippen LogP contribution >= 0.6 is 23.4 Å². The lowest BCUT2D eigenvalue weighted by atomic mass is 10.3. The molecule has 2 aromatic rings. The molecule has 0 aliphatic heterocycles. The summed E-state index contributed by atoms with van der Waals surface area (Å²) in [6.45, 7) is 0. The molecule has 17 heavy (non-hydrogen) atoms. The molecule has 0 bridgehead atoms. The summed E-state index contributed by atoms with van der Waals surface area (Å²) in [6, 6.07) is 7.71. The van der Waals surface area contributed by atoms with Crippen molar-refractivity contribution in [3.63, 3.8) is 0 Å². The van der Waals surface area contributed by atoms with Gasteiger partial charge in [-0.25, -0.2) is 4.98 Å². The van der Waals surface area contributed by atoms with Crippen molar-refractivity contribution >= 4 is 23.4 Å². The second-order valence-electron chi connectivity index (χ2n) is 3.77. The number of benzene rings is 1. The van der Waals surface area contributed by atoms with Gasteiger partial charge in [-0.2, -0.15) is 0 Å². The Morgan fingerprint density at radius 1 is 1.53 bits per heavy atom. The monoisotopic (exact) mass is 267 g/mol. The molecule has 0 radical (unpaired) electrons. The minimum absolute atomic E-state index is 0.0704. The van der Waals surface area contributed by atoms with Gasteiger partial charge < -0.3 is 10.3 Å². The lowest BCUT2D eigenvalue weighted by molar-refractivity contribution is 0.694. The van der Waals surface area contributed by atoms with Crippen LogP contribution in [0.2, 0.25) is 5.02 Å². The highest BCUT2D eigenvalue weighted by atomic mass is 35.5. The molecule has 2 N–H and O–H groups in total. The average molecular weight is 268 g/mol. The minimum atomic E-state index is -0.0704. The van der Waals surface area contributed by atoms with E-state index in [0.29, 0.717) is 0 Å². The summed E-state index contributed by atoms with van der Waals surface area (Å²) in [4.78, 5) is 5.37. The van der Waals surface area contributed by atoms with Crippen LogP contribution in [-0.2, 0) is 7.05 Å². The SMILES string of the molecule is Cn1ccnc1C(N)CSc1cccc(Cl)c1. The van der Waals surface area contributed by atoms with Gasteiger partial charge in [-0.3, -0.25) is 0 Å². The van der Waals surface area contributed by atoms with Crippen molar-refractivity contribution in [2.45, 2.75) is 10.9 Å². The van der Waals surface area contributed by atoms with Crippen molar-refractivity contribution in [3.05, 3.63) is 47.5 Å². The Bertz CT molecular complexity index is 498. The Labute approximate surface area is 110 Å². The van der Waals surface area contributed by atoms with E-state index in [2.05, 4.69) is 4.98 Å². The first-order chi connectivity index (χ1) is 8.16. The molecule has 1 aromatic carbocycles. The molecule has 1 atom stereocenters. The van der Waals surface area contributed by atoms with Crippen LogP contribution in [0.25, 0.3) is 0 Å². The van der Waals surface area contributed by atoms with Gasteiger partial charge in [-0.15, -0.1) is 11.8 Å². The van der Waals surface area contributed by atoms with Crippen LogP contribution in [0, 0.1) is 0 Å². The maximum absolute atomic E-state index is 6.09. The summed E-state index contributed by atoms with van der Waals surface area (Å²) >= 11 is 7.61. The van der Waals surface area contributed by atoms with Crippen molar-refractivity contribution < 1.29 is 0 Å². The third kappa shape index (κ3) is 3.25. The average Bonchev–Trinajstić information content (AvgIpc) is 2.72. The van der Waals surface area contributed by atoms with Crippen LogP contribution in [0.1, 0.15) is 11.9 Å². The molecule has 0 amide bonds. The molecule has 0 spiro atoms. The van der Waals surface area contributed by atoms with Crippen molar-refractivity contribution in [2.75, 3.05) is 5.75 Å². The third-order valence-corrected chi connectivity index (χ3v) is 3.76. The highest BCUT2D eigenvalue weighted by Gasteiger charge is 2.11. The van der Waals surface area contributed by atoms with E-state index in [9.17, 15) is 0 Å². The van der Waals surface area contributed by atoms with Crippen LogP contribution in [0.15, 0.2) is 41.6 Å². The number of aromatic nitrogens is 2. The molecule has 2 rings (SSSR count). The molecule has 0 saturated heterocycles. The summed E-state index contributed by atoms with van der Waals surface area (Å²) in [5.74, 6) is 1.69. The van der Waals surface area contributed by atoms with Gasteiger partial charge in [-0.05, 0) is 18.2 Å². The van der Waals surface area contributed by atoms with Crippen LogP contribution in [-0.4, -0.2) is 15.3 Å². The second-order valence-corrected chi connectivity index (χ2v) is 5.30. The summed E-state index contributed by atoms with van der Waals surface area (Å²) < 4.78 is 1.95. The molecule has 1 heterocycles. The quantitative estimate of drug-likeness (QED) is 0.867. The molecule has 90 valence electrons. The molecule has 1 unspecified atom stereocenters. The van der Waals surface area contributed by atoms with Crippen LogP contribution in [0.5, 0.6) is 0 Å². The molecule has 0 fully saturated rings. The number of halogens is 1. The fourth-order valence-electron chi connectivity index (χ4n) is 1.55. The van der Waals surface area contributed by atoms with E-state index >= 15 is 0 Å². The van der Waals surface area contributed by atoms with E-state index in [1.54, 1.807) is 18.0 Å². The first kappa shape index (κ1) is 12.5. The zero-order chi connectivity index (χ0) is 12.3. The number of aryl methyl sites for hydroxylation is 1. The van der Waals surface area contributed by atoms with Crippen molar-refractivity contribution in [2.24, 2.45) is 12.8 Å². The van der Waals surface area contributed by atoms with Crippen LogP contribution < -0.4 is 5.73 Å². The number of thioether (sulfide) groups is 1. The number of nitrogens with zero attached hydrogens (tertiary/aromatic N) is 2. The predicted octanol–water partition coefficient (Wildman–Crippen LogP) is 2.87. The Balaban J connectivity index is 1.97. The standard InChI is InChI=1S/C12H14ClN3S/c1-16-6-5-15-12(16)11(14)8-17-10-4-2-3-9(13)7-10/h2-7,11H,8,14H2,1H3. The maximum Gasteiger partial charge on any atom is 0.126 e. The van der Waals surface area contributed by atoms with Crippen molar-refractivity contribution in [1.82, 2.24) is 9.55 Å². The molecule has 0 aliphatic carbocycles. The summed E-state index contributed by atoms with van der Waals surface area (Å²) in [5.41, 5.74) is 6.09. The molecule has 3 nitrogen and oxygen atoms in total. The normalized spacial score (nSPS) is 12.6. The molecule has 0 aliphatic rings. The largest absolute Gasteiger partial charge is 0.337 e. The summed E-state index contributed by atoms with van der Waals surface area (Å²) in [6.07, 6.45) is 3.67. The van der Waals surface area contributed by atoms with Crippen molar-refractivity contribution in [1.29, 1.82) is 0 Å². The fourth-order valence-corrected chi connectivity index (χ4v) is 2.71. The Morgan fingerprint density at radius 2 is 2.35 bits per heavy atom. The Hall–Kier alpha value is -0.970. The van der Waals surface area contributed by atoms with Gasteiger partial charge in [0.05, 0.1) is 6.04 Å². The highest BCUT2D eigenvalue weighted by Crippen LogP contribution is 2.24. The van der Waals surface area contributed by atoms with E-state index in [-0.39, 0.29) is 6.04 Å². The third-order valence-electron chi connectivity index (χ3n) is 2.42. The Kier molecular flexibility index (Phi) is 4.10. The Morgan fingerprint density at radius 3 is 3.00 bits per heavy atom. The smallest absolute Gasteiger partial charge is 0.126 e. The second kappa shape index (κ2) is 5.58. The maximum atomic E-state index is 6.09. The van der Waals surface area contributed by atoms with Crippen LogP contribution in [0.4, 0.5) is 0 Å². The van der Waals surface area contributed by atoms with Crippen molar-refractivity contribution in [3.8, 4) is 0 Å². The van der Waals surface area contributed by atoms with Gasteiger partial charge in [0.25, 0.3) is 0 Å². The first-order valence-corrected chi connectivity index (χ1v) is 6.64. The molecular weight excluding hydrogens is 254 g/mol. The van der Waals surface area contributed by atoms with Gasteiger partial charge in [0, 0.05) is 35.1 Å².